The Kier molecular flexibility index (Phi) is 6.12. The largest absolute Gasteiger partial charge is 0.270 e. The highest BCUT2D eigenvalue weighted by molar-refractivity contribution is 7.89. The Balaban J connectivity index is 2.97. The third-order valence-corrected chi connectivity index (χ3v) is 5.02. The second-order valence-electron chi connectivity index (χ2n) is 5.37. The molecule has 0 amide bonds. The molecule has 0 aliphatic heterocycles. The molecule has 118 valence electrons. The Morgan fingerprint density at radius 1 is 1.29 bits per heavy atom. The summed E-state index contributed by atoms with van der Waals surface area (Å²) in [7, 11) is -3.88. The van der Waals surface area contributed by atoms with E-state index in [9.17, 15) is 18.5 Å². The van der Waals surface area contributed by atoms with Crippen LogP contribution in [-0.2, 0) is 10.0 Å². The molecule has 0 aliphatic carbocycles. The van der Waals surface area contributed by atoms with Crippen molar-refractivity contribution in [1.82, 2.24) is 4.72 Å². The molecule has 1 rings (SSSR count). The van der Waals surface area contributed by atoms with Gasteiger partial charge < -0.3 is 0 Å². The number of hydrogen-bond donors (Lipinski definition) is 1. The van der Waals surface area contributed by atoms with E-state index in [1.807, 2.05) is 0 Å². The summed E-state index contributed by atoms with van der Waals surface area (Å²) in [6.07, 6.45) is 1.57. The van der Waals surface area contributed by atoms with E-state index >= 15 is 0 Å². The average molecular weight is 335 g/mol. The molecule has 0 bridgehead atoms. The standard InChI is InChI=1S/C13H19ClN2O4S/c1-9(2)4-5-10(3)15-21(19,20)13-8-11(16(17)18)6-7-12(13)14/h6-10,15H,4-5H2,1-3H3. The van der Waals surface area contributed by atoms with Crippen molar-refractivity contribution in [3.8, 4) is 0 Å². The summed E-state index contributed by atoms with van der Waals surface area (Å²) in [5, 5.41) is 10.7. The van der Waals surface area contributed by atoms with Crippen LogP contribution in [0.1, 0.15) is 33.6 Å². The topological polar surface area (TPSA) is 89.3 Å². The Morgan fingerprint density at radius 3 is 2.43 bits per heavy atom. The first kappa shape index (κ1) is 17.9. The second kappa shape index (κ2) is 7.20. The molecule has 0 aliphatic rings. The van der Waals surface area contributed by atoms with Gasteiger partial charge in [0, 0.05) is 18.2 Å². The molecule has 0 saturated heterocycles. The number of nitrogens with one attached hydrogen (secondary N) is 1. The zero-order valence-corrected chi connectivity index (χ0v) is 13.7. The van der Waals surface area contributed by atoms with Crippen LogP contribution >= 0.6 is 11.6 Å². The highest BCUT2D eigenvalue weighted by atomic mass is 35.5. The van der Waals surface area contributed by atoms with E-state index in [1.165, 1.54) is 12.1 Å². The van der Waals surface area contributed by atoms with Crippen molar-refractivity contribution >= 4 is 27.3 Å². The first-order chi connectivity index (χ1) is 9.63. The molecule has 21 heavy (non-hydrogen) atoms. The second-order valence-corrected chi connectivity index (χ2v) is 7.45. The Bertz CT molecular complexity index is 617. The van der Waals surface area contributed by atoms with Crippen molar-refractivity contribution < 1.29 is 13.3 Å². The Hall–Kier alpha value is -1.18. The zero-order valence-electron chi connectivity index (χ0n) is 12.2. The van der Waals surface area contributed by atoms with Crippen molar-refractivity contribution in [2.45, 2.75) is 44.6 Å². The molecule has 0 heterocycles. The van der Waals surface area contributed by atoms with Gasteiger partial charge in [-0.05, 0) is 31.7 Å². The SMILES string of the molecule is CC(C)CCC(C)NS(=O)(=O)c1cc([N+](=O)[O-])ccc1Cl. The molecule has 0 saturated carbocycles. The van der Waals surface area contributed by atoms with E-state index in [1.54, 1.807) is 6.92 Å². The van der Waals surface area contributed by atoms with Gasteiger partial charge >= 0.3 is 0 Å². The monoisotopic (exact) mass is 334 g/mol. The van der Waals surface area contributed by atoms with Gasteiger partial charge in [0.1, 0.15) is 4.90 Å². The van der Waals surface area contributed by atoms with E-state index in [0.29, 0.717) is 12.3 Å². The van der Waals surface area contributed by atoms with Crippen LogP contribution in [0.4, 0.5) is 5.69 Å². The third-order valence-electron chi connectivity index (χ3n) is 2.95. The fourth-order valence-corrected chi connectivity index (χ4v) is 3.58. The molecule has 8 heteroatoms. The molecular weight excluding hydrogens is 316 g/mol. The van der Waals surface area contributed by atoms with Crippen molar-refractivity contribution in [1.29, 1.82) is 0 Å². The lowest BCUT2D eigenvalue weighted by Gasteiger charge is -2.15. The highest BCUT2D eigenvalue weighted by Gasteiger charge is 2.23. The summed E-state index contributed by atoms with van der Waals surface area (Å²) in [6, 6.07) is 3.09. The quantitative estimate of drug-likeness (QED) is 0.611. The van der Waals surface area contributed by atoms with Crippen molar-refractivity contribution in [3.63, 3.8) is 0 Å². The Morgan fingerprint density at radius 2 is 1.90 bits per heavy atom. The van der Waals surface area contributed by atoms with Crippen molar-refractivity contribution in [2.24, 2.45) is 5.92 Å². The maximum atomic E-state index is 12.3. The molecule has 1 N–H and O–H groups in total. The van der Waals surface area contributed by atoms with Gasteiger partial charge in [-0.1, -0.05) is 25.4 Å². The number of sulfonamides is 1. The van der Waals surface area contributed by atoms with Gasteiger partial charge in [-0.15, -0.1) is 0 Å². The van der Waals surface area contributed by atoms with Crippen molar-refractivity contribution in [2.75, 3.05) is 0 Å². The lowest BCUT2D eigenvalue weighted by Crippen LogP contribution is -2.33. The van der Waals surface area contributed by atoms with Gasteiger partial charge in [0.2, 0.25) is 10.0 Å². The number of non-ortho nitro benzene ring substituents is 1. The van der Waals surface area contributed by atoms with E-state index < -0.39 is 14.9 Å². The lowest BCUT2D eigenvalue weighted by molar-refractivity contribution is -0.385. The zero-order chi connectivity index (χ0) is 16.2. The maximum absolute atomic E-state index is 12.3. The number of nitrogens with zero attached hydrogens (tertiary/aromatic N) is 1. The van der Waals surface area contributed by atoms with Crippen LogP contribution in [0, 0.1) is 16.0 Å². The molecule has 1 aromatic carbocycles. The summed E-state index contributed by atoms with van der Waals surface area (Å²) in [5.74, 6) is 0.471. The summed E-state index contributed by atoms with van der Waals surface area (Å²) >= 11 is 5.85. The fraction of sp³-hybridized carbons (Fsp3) is 0.538. The number of halogens is 1. The minimum atomic E-state index is -3.88. The van der Waals surface area contributed by atoms with Crippen LogP contribution in [0.25, 0.3) is 0 Å². The number of hydrogen-bond acceptors (Lipinski definition) is 4. The average Bonchev–Trinajstić information content (AvgIpc) is 2.35. The summed E-state index contributed by atoms with van der Waals surface area (Å²) in [5.41, 5.74) is -0.311. The van der Waals surface area contributed by atoms with Gasteiger partial charge in [-0.2, -0.15) is 0 Å². The van der Waals surface area contributed by atoms with Gasteiger partial charge in [0.25, 0.3) is 5.69 Å². The van der Waals surface area contributed by atoms with Crippen molar-refractivity contribution in [3.05, 3.63) is 33.3 Å². The Labute approximate surface area is 129 Å². The van der Waals surface area contributed by atoms with Crippen LogP contribution in [0.5, 0.6) is 0 Å². The van der Waals surface area contributed by atoms with Gasteiger partial charge in [0.05, 0.1) is 9.95 Å². The predicted octanol–water partition coefficient (Wildman–Crippen LogP) is 3.35. The normalized spacial score (nSPS) is 13.4. The maximum Gasteiger partial charge on any atom is 0.270 e. The molecule has 0 spiro atoms. The lowest BCUT2D eigenvalue weighted by atomic mass is 10.1. The number of rotatable bonds is 7. The van der Waals surface area contributed by atoms with Gasteiger partial charge in [0.15, 0.2) is 0 Å². The molecule has 6 nitrogen and oxygen atoms in total. The van der Waals surface area contributed by atoms with Crippen LogP contribution in [0.15, 0.2) is 23.1 Å². The first-order valence-corrected chi connectivity index (χ1v) is 8.46. The minimum absolute atomic E-state index is 0.0378. The summed E-state index contributed by atoms with van der Waals surface area (Å²) < 4.78 is 27.0. The van der Waals surface area contributed by atoms with Crippen LogP contribution in [-0.4, -0.2) is 19.4 Å². The minimum Gasteiger partial charge on any atom is -0.258 e. The van der Waals surface area contributed by atoms with Crippen LogP contribution < -0.4 is 4.72 Å². The summed E-state index contributed by atoms with van der Waals surface area (Å²) in [4.78, 5) is 9.81. The molecular formula is C13H19ClN2O4S. The van der Waals surface area contributed by atoms with Gasteiger partial charge in [-0.25, -0.2) is 13.1 Å². The third kappa shape index (κ3) is 5.26. The predicted molar refractivity (Wildman–Crippen MR) is 82.0 cm³/mol. The fourth-order valence-electron chi connectivity index (χ4n) is 1.78. The summed E-state index contributed by atoms with van der Waals surface area (Å²) in [6.45, 7) is 5.86. The number of nitro groups is 1. The van der Waals surface area contributed by atoms with E-state index in [4.69, 9.17) is 11.6 Å². The molecule has 1 unspecified atom stereocenters. The smallest absolute Gasteiger partial charge is 0.258 e. The number of benzene rings is 1. The van der Waals surface area contributed by atoms with E-state index in [-0.39, 0.29) is 21.6 Å². The van der Waals surface area contributed by atoms with Crippen LogP contribution in [0.2, 0.25) is 5.02 Å². The molecule has 1 atom stereocenters. The molecule has 1 aromatic rings. The molecule has 0 aromatic heterocycles. The number of nitro benzene ring substituents is 1. The van der Waals surface area contributed by atoms with E-state index in [2.05, 4.69) is 18.6 Å². The van der Waals surface area contributed by atoms with E-state index in [0.717, 1.165) is 12.5 Å². The van der Waals surface area contributed by atoms with Crippen LogP contribution in [0.3, 0.4) is 0 Å². The first-order valence-electron chi connectivity index (χ1n) is 6.59. The molecule has 0 fully saturated rings. The molecule has 0 radical (unpaired) electrons. The van der Waals surface area contributed by atoms with Gasteiger partial charge in [-0.3, -0.25) is 10.1 Å². The highest BCUT2D eigenvalue weighted by Crippen LogP contribution is 2.26.